The zero-order valence-corrected chi connectivity index (χ0v) is 17.4. The summed E-state index contributed by atoms with van der Waals surface area (Å²) in [5.41, 5.74) is 4.13. The van der Waals surface area contributed by atoms with Gasteiger partial charge < -0.3 is 0 Å². The second kappa shape index (κ2) is 6.61. The maximum Gasteiger partial charge on any atom is -0.00985 e. The number of hydrogen-bond acceptors (Lipinski definition) is 0. The van der Waals surface area contributed by atoms with Crippen molar-refractivity contribution in [3.63, 3.8) is 0 Å². The van der Waals surface area contributed by atoms with Crippen molar-refractivity contribution in [3.05, 3.63) is 35.4 Å². The second-order valence-corrected chi connectivity index (χ2v) is 10.8. The van der Waals surface area contributed by atoms with Gasteiger partial charge in [-0.2, -0.15) is 0 Å². The van der Waals surface area contributed by atoms with Gasteiger partial charge in [0.1, 0.15) is 0 Å². The third-order valence-electron chi connectivity index (χ3n) is 5.30. The van der Waals surface area contributed by atoms with Crippen LogP contribution < -0.4 is 0 Å². The van der Waals surface area contributed by atoms with Gasteiger partial charge in [0.25, 0.3) is 0 Å². The Hall–Kier alpha value is -0.780. The molecule has 132 valence electrons. The molecule has 0 amide bonds. The molecule has 1 aromatic rings. The van der Waals surface area contributed by atoms with Gasteiger partial charge in [-0.05, 0) is 45.6 Å². The Bertz CT molecular complexity index is 492. The van der Waals surface area contributed by atoms with Crippen LogP contribution in [0.5, 0.6) is 0 Å². The molecule has 0 saturated heterocycles. The first-order chi connectivity index (χ1) is 10.2. The van der Waals surface area contributed by atoms with E-state index in [2.05, 4.69) is 93.5 Å². The number of benzene rings is 1. The Morgan fingerprint density at radius 2 is 0.957 bits per heavy atom. The van der Waals surface area contributed by atoms with Crippen molar-refractivity contribution in [2.24, 2.45) is 10.8 Å². The molecule has 0 aliphatic carbocycles. The third-order valence-corrected chi connectivity index (χ3v) is 5.30. The van der Waals surface area contributed by atoms with Crippen LogP contribution in [0.3, 0.4) is 0 Å². The molecule has 0 heteroatoms. The van der Waals surface area contributed by atoms with Crippen LogP contribution in [0.25, 0.3) is 0 Å². The van der Waals surface area contributed by atoms with Crippen molar-refractivity contribution >= 4 is 0 Å². The van der Waals surface area contributed by atoms with Gasteiger partial charge in [-0.3, -0.25) is 0 Å². The molecule has 0 bridgehead atoms. The molecular formula is C23H40. The molecule has 0 spiro atoms. The Balaban J connectivity index is 3.00. The highest BCUT2D eigenvalue weighted by Gasteiger charge is 2.30. The van der Waals surface area contributed by atoms with Gasteiger partial charge >= 0.3 is 0 Å². The lowest BCUT2D eigenvalue weighted by Gasteiger charge is -2.36. The molecule has 0 aliphatic rings. The van der Waals surface area contributed by atoms with Crippen LogP contribution in [0.4, 0.5) is 0 Å². The summed E-state index contributed by atoms with van der Waals surface area (Å²) in [4.78, 5) is 0. The first kappa shape index (κ1) is 20.3. The minimum atomic E-state index is 0.226. The predicted molar refractivity (Wildman–Crippen MR) is 105 cm³/mol. The van der Waals surface area contributed by atoms with Crippen molar-refractivity contribution in [1.29, 1.82) is 0 Å². The zero-order valence-electron chi connectivity index (χ0n) is 17.4. The van der Waals surface area contributed by atoms with E-state index in [1.54, 1.807) is 0 Å². The average Bonchev–Trinajstić information content (AvgIpc) is 2.35. The highest BCUT2D eigenvalue weighted by molar-refractivity contribution is 5.32. The van der Waals surface area contributed by atoms with E-state index in [1.165, 1.54) is 30.4 Å². The van der Waals surface area contributed by atoms with Crippen molar-refractivity contribution in [2.75, 3.05) is 0 Å². The standard InChI is InChI=1S/C23H40/c1-11-21(5,6)17-23(9,10)19-14-12-18(13-15-19)22(7,8)16-20(2,3)4/h12-15H,11,16-17H2,1-10H3. The molecule has 23 heavy (non-hydrogen) atoms. The lowest BCUT2D eigenvalue weighted by Crippen LogP contribution is -2.27. The fourth-order valence-corrected chi connectivity index (χ4v) is 4.22. The van der Waals surface area contributed by atoms with Gasteiger partial charge in [0.15, 0.2) is 0 Å². The van der Waals surface area contributed by atoms with E-state index in [9.17, 15) is 0 Å². The normalized spacial score (nSPS) is 14.2. The third kappa shape index (κ3) is 5.98. The fraction of sp³-hybridized carbons (Fsp3) is 0.739. The summed E-state index contributed by atoms with van der Waals surface area (Å²) in [6.45, 7) is 23.6. The van der Waals surface area contributed by atoms with Crippen LogP contribution in [0.1, 0.15) is 99.6 Å². The summed E-state index contributed by atoms with van der Waals surface area (Å²) < 4.78 is 0. The van der Waals surface area contributed by atoms with E-state index in [-0.39, 0.29) is 10.8 Å². The molecular weight excluding hydrogens is 276 g/mol. The van der Waals surface area contributed by atoms with Gasteiger partial charge in [0.05, 0.1) is 0 Å². The Morgan fingerprint density at radius 3 is 1.26 bits per heavy atom. The molecule has 0 fully saturated rings. The van der Waals surface area contributed by atoms with Gasteiger partial charge in [0, 0.05) is 0 Å². The first-order valence-corrected chi connectivity index (χ1v) is 9.30. The topological polar surface area (TPSA) is 0 Å². The van der Waals surface area contributed by atoms with Crippen LogP contribution in [-0.2, 0) is 10.8 Å². The lowest BCUT2D eigenvalue weighted by molar-refractivity contribution is 0.248. The molecule has 0 radical (unpaired) electrons. The summed E-state index contributed by atoms with van der Waals surface area (Å²) in [6.07, 6.45) is 3.65. The molecule has 0 aliphatic heterocycles. The van der Waals surface area contributed by atoms with E-state index in [4.69, 9.17) is 0 Å². The van der Waals surface area contributed by atoms with Crippen molar-refractivity contribution in [3.8, 4) is 0 Å². The Kier molecular flexibility index (Phi) is 5.83. The van der Waals surface area contributed by atoms with Crippen LogP contribution >= 0.6 is 0 Å². The minimum absolute atomic E-state index is 0.226. The van der Waals surface area contributed by atoms with E-state index in [0.717, 1.165) is 0 Å². The summed E-state index contributed by atoms with van der Waals surface area (Å²) in [7, 11) is 0. The van der Waals surface area contributed by atoms with E-state index < -0.39 is 0 Å². The van der Waals surface area contributed by atoms with Gasteiger partial charge in [0.2, 0.25) is 0 Å². The molecule has 0 N–H and O–H groups in total. The van der Waals surface area contributed by atoms with Gasteiger partial charge in [-0.25, -0.2) is 0 Å². The molecule has 0 aromatic heterocycles. The summed E-state index contributed by atoms with van der Waals surface area (Å²) >= 11 is 0. The number of rotatable bonds is 6. The Morgan fingerprint density at radius 1 is 0.609 bits per heavy atom. The average molecular weight is 317 g/mol. The van der Waals surface area contributed by atoms with Crippen LogP contribution in [-0.4, -0.2) is 0 Å². The predicted octanol–water partition coefficient (Wildman–Crippen LogP) is 7.50. The van der Waals surface area contributed by atoms with Crippen molar-refractivity contribution in [2.45, 2.75) is 99.3 Å². The molecule has 1 rings (SSSR count). The maximum atomic E-state index is 2.39. The van der Waals surface area contributed by atoms with E-state index in [1.807, 2.05) is 0 Å². The van der Waals surface area contributed by atoms with Crippen molar-refractivity contribution < 1.29 is 0 Å². The van der Waals surface area contributed by atoms with Crippen molar-refractivity contribution in [1.82, 2.24) is 0 Å². The van der Waals surface area contributed by atoms with E-state index in [0.29, 0.717) is 10.8 Å². The first-order valence-electron chi connectivity index (χ1n) is 9.30. The molecule has 0 atom stereocenters. The molecule has 1 aromatic carbocycles. The van der Waals surface area contributed by atoms with E-state index >= 15 is 0 Å². The molecule has 0 heterocycles. The highest BCUT2D eigenvalue weighted by Crippen LogP contribution is 2.40. The molecule has 0 unspecified atom stereocenters. The Labute approximate surface area is 146 Å². The van der Waals surface area contributed by atoms with Crippen LogP contribution in [0.2, 0.25) is 0 Å². The van der Waals surface area contributed by atoms with Crippen LogP contribution in [0.15, 0.2) is 24.3 Å². The summed E-state index contributed by atoms with van der Waals surface area (Å²) in [5.74, 6) is 0. The summed E-state index contributed by atoms with van der Waals surface area (Å²) in [6, 6.07) is 9.46. The summed E-state index contributed by atoms with van der Waals surface area (Å²) in [5, 5.41) is 0. The molecule has 0 saturated carbocycles. The maximum absolute atomic E-state index is 2.39. The lowest BCUT2D eigenvalue weighted by atomic mass is 9.69. The fourth-order valence-electron chi connectivity index (χ4n) is 4.22. The quantitative estimate of drug-likeness (QED) is 0.509. The SMILES string of the molecule is CCC(C)(C)CC(C)(C)c1ccc(C(C)(C)CC(C)(C)C)cc1. The van der Waals surface area contributed by atoms with Gasteiger partial charge in [-0.15, -0.1) is 0 Å². The monoisotopic (exact) mass is 316 g/mol. The minimum Gasteiger partial charge on any atom is -0.0649 e. The highest BCUT2D eigenvalue weighted by atomic mass is 14.4. The largest absolute Gasteiger partial charge is 0.0649 e. The zero-order chi connectivity index (χ0) is 18.1. The number of hydrogen-bond donors (Lipinski definition) is 0. The smallest absolute Gasteiger partial charge is 0.00985 e. The molecule has 0 nitrogen and oxygen atoms in total. The van der Waals surface area contributed by atoms with Crippen LogP contribution in [0, 0.1) is 10.8 Å². The second-order valence-electron chi connectivity index (χ2n) is 10.8. The van der Waals surface area contributed by atoms with Gasteiger partial charge in [-0.1, -0.05) is 99.9 Å².